The second kappa shape index (κ2) is 8.22. The lowest BCUT2D eigenvalue weighted by Crippen LogP contribution is -2.10. The summed E-state index contributed by atoms with van der Waals surface area (Å²) in [6.45, 7) is 0. The Morgan fingerprint density at radius 2 is 1.50 bits per heavy atom. The van der Waals surface area contributed by atoms with E-state index in [0.29, 0.717) is 38.9 Å². The summed E-state index contributed by atoms with van der Waals surface area (Å²) in [5.74, 6) is 2.05. The minimum absolute atomic E-state index is 0.167. The van der Waals surface area contributed by atoms with E-state index < -0.39 is 0 Å². The van der Waals surface area contributed by atoms with Crippen LogP contribution in [0.1, 0.15) is 10.4 Å². The zero-order chi connectivity index (χ0) is 17.7. The molecule has 0 heterocycles. The van der Waals surface area contributed by atoms with Crippen molar-refractivity contribution in [1.82, 2.24) is 0 Å². The van der Waals surface area contributed by atoms with E-state index in [9.17, 15) is 4.79 Å². The number of benzene rings is 2. The van der Waals surface area contributed by atoms with Crippen molar-refractivity contribution in [3.8, 4) is 23.0 Å². The molecule has 0 aliphatic heterocycles. The fourth-order valence-electron chi connectivity index (χ4n) is 2.20. The van der Waals surface area contributed by atoms with Gasteiger partial charge in [-0.3, -0.25) is 4.79 Å². The van der Waals surface area contributed by atoms with Crippen molar-refractivity contribution in [2.24, 2.45) is 0 Å². The Hall–Kier alpha value is -1.97. The van der Waals surface area contributed by atoms with E-state index in [-0.39, 0.29) is 14.1 Å². The molecule has 0 saturated carbocycles. The summed E-state index contributed by atoms with van der Waals surface area (Å²) in [7, 11) is 5.86. The first kappa shape index (κ1) is 18.4. The number of carbonyl (C=O) groups is 1. The van der Waals surface area contributed by atoms with Gasteiger partial charge in [0, 0.05) is 12.1 Å². The molecule has 0 aliphatic rings. The highest BCUT2D eigenvalue weighted by Gasteiger charge is 2.21. The third kappa shape index (κ3) is 3.74. The van der Waals surface area contributed by atoms with E-state index in [4.69, 9.17) is 30.5 Å². The zero-order valence-electron chi connectivity index (χ0n) is 13.8. The first-order chi connectivity index (χ1) is 11.5. The van der Waals surface area contributed by atoms with E-state index in [1.807, 2.05) is 0 Å². The van der Waals surface area contributed by atoms with Crippen LogP contribution in [-0.4, -0.2) is 34.0 Å². The van der Waals surface area contributed by atoms with Crippen LogP contribution in [0.5, 0.6) is 23.0 Å². The monoisotopic (exact) mass is 368 g/mol. The predicted octanol–water partition coefficient (Wildman–Crippen LogP) is 3.52. The van der Waals surface area contributed by atoms with Gasteiger partial charge in [0.05, 0.1) is 44.3 Å². The van der Waals surface area contributed by atoms with Gasteiger partial charge in [0.25, 0.3) is 0 Å². The molecule has 1 atom stereocenters. The highest BCUT2D eigenvalue weighted by atomic mass is 35.5. The van der Waals surface area contributed by atoms with Crippen LogP contribution in [0.3, 0.4) is 0 Å². The lowest BCUT2D eigenvalue weighted by atomic mass is 10.2. The Labute approximate surface area is 147 Å². The smallest absolute Gasteiger partial charge is 0.191 e. The summed E-state index contributed by atoms with van der Waals surface area (Å²) < 4.78 is 21.2. The SMILES string of the molecule is COc1cc(OC)c(PC(=O)c2c(Cl)cccc2OC)c(OC)c1. The molecule has 5 nitrogen and oxygen atoms in total. The van der Waals surface area contributed by atoms with Gasteiger partial charge in [-0.2, -0.15) is 0 Å². The van der Waals surface area contributed by atoms with Gasteiger partial charge in [-0.15, -0.1) is 0 Å². The number of halogens is 1. The average Bonchev–Trinajstić information content (AvgIpc) is 2.61. The average molecular weight is 369 g/mol. The van der Waals surface area contributed by atoms with Gasteiger partial charge in [0.1, 0.15) is 23.0 Å². The Morgan fingerprint density at radius 1 is 0.917 bits per heavy atom. The highest BCUT2D eigenvalue weighted by Crippen LogP contribution is 2.37. The summed E-state index contributed by atoms with van der Waals surface area (Å²) in [6, 6.07) is 8.51. The molecule has 1 unspecified atom stereocenters. The van der Waals surface area contributed by atoms with Crippen LogP contribution in [0.15, 0.2) is 30.3 Å². The largest absolute Gasteiger partial charge is 0.496 e. The van der Waals surface area contributed by atoms with E-state index in [1.54, 1.807) is 37.4 Å². The molecule has 0 fully saturated rings. The number of rotatable bonds is 7. The predicted molar refractivity (Wildman–Crippen MR) is 96.4 cm³/mol. The van der Waals surface area contributed by atoms with Crippen LogP contribution in [0, 0.1) is 0 Å². The molecular formula is C17H18ClO5P. The molecule has 0 bridgehead atoms. The lowest BCUT2D eigenvalue weighted by molar-refractivity contribution is 0.108. The summed E-state index contributed by atoms with van der Waals surface area (Å²) in [5.41, 5.74) is 0.180. The molecule has 2 rings (SSSR count). The van der Waals surface area contributed by atoms with Crippen LogP contribution in [0.4, 0.5) is 0 Å². The van der Waals surface area contributed by atoms with Crippen molar-refractivity contribution in [1.29, 1.82) is 0 Å². The summed E-state index contributed by atoms with van der Waals surface area (Å²) >= 11 is 6.19. The third-order valence-electron chi connectivity index (χ3n) is 3.38. The van der Waals surface area contributed by atoms with Crippen molar-refractivity contribution < 1.29 is 23.7 Å². The molecular weight excluding hydrogens is 351 g/mol. The number of carbonyl (C=O) groups excluding carboxylic acids is 1. The van der Waals surface area contributed by atoms with Gasteiger partial charge in [-0.1, -0.05) is 17.7 Å². The number of methoxy groups -OCH3 is 4. The van der Waals surface area contributed by atoms with Gasteiger partial charge in [0.15, 0.2) is 5.52 Å². The Bertz CT molecular complexity index is 723. The topological polar surface area (TPSA) is 54.0 Å². The van der Waals surface area contributed by atoms with Crippen molar-refractivity contribution >= 4 is 31.0 Å². The van der Waals surface area contributed by atoms with E-state index >= 15 is 0 Å². The number of hydrogen-bond acceptors (Lipinski definition) is 5. The Balaban J connectivity index is 2.46. The van der Waals surface area contributed by atoms with Gasteiger partial charge in [-0.25, -0.2) is 0 Å². The van der Waals surface area contributed by atoms with Crippen molar-refractivity contribution in [3.05, 3.63) is 40.9 Å². The summed E-state index contributed by atoms with van der Waals surface area (Å²) in [4.78, 5) is 12.8. The zero-order valence-corrected chi connectivity index (χ0v) is 15.6. The first-order valence-corrected chi connectivity index (χ1v) is 8.37. The maximum Gasteiger partial charge on any atom is 0.191 e. The molecule has 0 saturated heterocycles. The number of hydrogen-bond donors (Lipinski definition) is 0. The Morgan fingerprint density at radius 3 is 2.00 bits per heavy atom. The minimum atomic E-state index is -0.248. The molecule has 0 N–H and O–H groups in total. The van der Waals surface area contributed by atoms with Crippen molar-refractivity contribution in [3.63, 3.8) is 0 Å². The fraction of sp³-hybridized carbons (Fsp3) is 0.235. The number of ether oxygens (including phenoxy) is 4. The quantitative estimate of drug-likeness (QED) is 0.700. The standard InChI is InChI=1S/C17H18ClO5P/c1-20-10-8-13(22-3)16(14(9-10)23-4)24-17(19)15-11(18)6-5-7-12(15)21-2/h5-9,24H,1-4H3. The molecule has 128 valence electrons. The van der Waals surface area contributed by atoms with E-state index in [0.717, 1.165) is 0 Å². The lowest BCUT2D eigenvalue weighted by Gasteiger charge is -2.15. The van der Waals surface area contributed by atoms with Crippen LogP contribution >= 0.6 is 20.2 Å². The van der Waals surface area contributed by atoms with Gasteiger partial charge < -0.3 is 18.9 Å². The molecule has 0 aromatic heterocycles. The second-order valence-corrected chi connectivity index (χ2v) is 6.29. The molecule has 0 radical (unpaired) electrons. The molecule has 24 heavy (non-hydrogen) atoms. The maximum atomic E-state index is 12.8. The van der Waals surface area contributed by atoms with Crippen LogP contribution < -0.4 is 24.3 Å². The van der Waals surface area contributed by atoms with Gasteiger partial charge in [0.2, 0.25) is 0 Å². The van der Waals surface area contributed by atoms with Gasteiger partial charge in [-0.05, 0) is 20.7 Å². The Kier molecular flexibility index (Phi) is 6.29. The highest BCUT2D eigenvalue weighted by molar-refractivity contribution is 7.66. The van der Waals surface area contributed by atoms with E-state index in [1.165, 1.54) is 21.3 Å². The van der Waals surface area contributed by atoms with E-state index in [2.05, 4.69) is 0 Å². The van der Waals surface area contributed by atoms with Crippen LogP contribution in [0.2, 0.25) is 5.02 Å². The molecule has 0 aliphatic carbocycles. The third-order valence-corrected chi connectivity index (χ3v) is 4.91. The van der Waals surface area contributed by atoms with Crippen LogP contribution in [-0.2, 0) is 0 Å². The minimum Gasteiger partial charge on any atom is -0.496 e. The first-order valence-electron chi connectivity index (χ1n) is 6.99. The molecule has 0 amide bonds. The van der Waals surface area contributed by atoms with Crippen LogP contribution in [0.25, 0.3) is 0 Å². The summed E-state index contributed by atoms with van der Waals surface area (Å²) in [5, 5.41) is 0.992. The van der Waals surface area contributed by atoms with Gasteiger partial charge >= 0.3 is 0 Å². The molecule has 2 aromatic carbocycles. The molecule has 0 spiro atoms. The van der Waals surface area contributed by atoms with Crippen molar-refractivity contribution in [2.45, 2.75) is 0 Å². The fourth-order valence-corrected chi connectivity index (χ4v) is 3.74. The van der Waals surface area contributed by atoms with Crippen molar-refractivity contribution in [2.75, 3.05) is 28.4 Å². The summed E-state index contributed by atoms with van der Waals surface area (Å²) in [6.07, 6.45) is 0. The molecule has 7 heteroatoms. The second-order valence-electron chi connectivity index (χ2n) is 4.68. The normalized spacial score (nSPS) is 10.7. The maximum absolute atomic E-state index is 12.8. The molecule has 2 aromatic rings.